The highest BCUT2D eigenvalue weighted by atomic mass is 16.2. The van der Waals surface area contributed by atoms with Crippen LogP contribution >= 0.6 is 0 Å². The lowest BCUT2D eigenvalue weighted by Crippen LogP contribution is -2.45. The number of nitrogens with one attached hydrogen (secondary N) is 1. The molecule has 3 N–H and O–H groups in total. The molecule has 27 heavy (non-hydrogen) atoms. The normalized spacial score (nSPS) is 20.9. The summed E-state index contributed by atoms with van der Waals surface area (Å²) in [7, 11) is 0. The highest BCUT2D eigenvalue weighted by Gasteiger charge is 2.27. The van der Waals surface area contributed by atoms with E-state index in [0.29, 0.717) is 6.54 Å². The molecule has 7 nitrogen and oxygen atoms in total. The molecule has 0 unspecified atom stereocenters. The van der Waals surface area contributed by atoms with Gasteiger partial charge in [-0.1, -0.05) is 12.5 Å². The average molecular weight is 374 g/mol. The van der Waals surface area contributed by atoms with Gasteiger partial charge in [0.25, 0.3) is 0 Å². The van der Waals surface area contributed by atoms with Crippen LogP contribution in [0.25, 0.3) is 0 Å². The summed E-state index contributed by atoms with van der Waals surface area (Å²) >= 11 is 0. The van der Waals surface area contributed by atoms with E-state index < -0.39 is 0 Å². The van der Waals surface area contributed by atoms with Crippen molar-refractivity contribution in [1.82, 2.24) is 20.1 Å². The van der Waals surface area contributed by atoms with Crippen molar-refractivity contribution >= 4 is 11.8 Å². The van der Waals surface area contributed by atoms with E-state index in [9.17, 15) is 9.59 Å². The quantitative estimate of drug-likeness (QED) is 0.742. The maximum Gasteiger partial charge on any atom is 0.231 e. The second kappa shape index (κ2) is 9.80. The highest BCUT2D eigenvalue weighted by molar-refractivity contribution is 5.79. The molecule has 0 bridgehead atoms. The third-order valence-electron chi connectivity index (χ3n) is 5.71. The summed E-state index contributed by atoms with van der Waals surface area (Å²) in [6, 6.07) is 4.24. The number of likely N-dealkylation sites (tertiary alicyclic amines) is 2. The van der Waals surface area contributed by atoms with Crippen molar-refractivity contribution in [1.29, 1.82) is 0 Å². The molecular weight excluding hydrogens is 342 g/mol. The first kappa shape index (κ1) is 19.8. The molecule has 7 heteroatoms. The van der Waals surface area contributed by atoms with Crippen LogP contribution in [0.5, 0.6) is 0 Å². The Morgan fingerprint density at radius 1 is 1.19 bits per heavy atom. The maximum absolute atomic E-state index is 12.7. The third kappa shape index (κ3) is 5.74. The molecule has 2 aliphatic rings. The Hall–Kier alpha value is -1.99. The van der Waals surface area contributed by atoms with Crippen LogP contribution in [0.4, 0.5) is 0 Å². The number of rotatable bonds is 7. The maximum atomic E-state index is 12.7. The number of nitrogens with zero attached hydrogens (tertiary/aromatic N) is 3. The molecule has 1 aromatic rings. The van der Waals surface area contributed by atoms with E-state index in [4.69, 9.17) is 5.73 Å². The second-order valence-electron chi connectivity index (χ2n) is 7.66. The number of carbonyl (C=O) groups is 2. The van der Waals surface area contributed by atoms with Crippen molar-refractivity contribution in [2.75, 3.05) is 39.3 Å². The average Bonchev–Trinajstić information content (AvgIpc) is 2.70. The molecular formula is C20H31N5O2. The number of hydrogen-bond acceptors (Lipinski definition) is 5. The van der Waals surface area contributed by atoms with Crippen molar-refractivity contribution in [3.8, 4) is 0 Å². The van der Waals surface area contributed by atoms with Gasteiger partial charge in [-0.25, -0.2) is 0 Å². The number of aromatic nitrogens is 1. The SMILES string of the molecule is NC(=O)CN1CCC(C(=O)NC[C@@H](c2cccnc2)N2CCCCC2)CC1. The molecule has 0 radical (unpaired) electrons. The van der Waals surface area contributed by atoms with Crippen LogP contribution < -0.4 is 11.1 Å². The Balaban J connectivity index is 1.54. The first-order valence-corrected chi connectivity index (χ1v) is 10.1. The van der Waals surface area contributed by atoms with Crippen LogP contribution in [0, 0.1) is 5.92 Å². The van der Waals surface area contributed by atoms with Gasteiger partial charge >= 0.3 is 0 Å². The number of primary amides is 1. The first-order chi connectivity index (χ1) is 13.1. The number of carbonyl (C=O) groups excluding carboxylic acids is 2. The molecule has 148 valence electrons. The molecule has 0 aromatic carbocycles. The highest BCUT2D eigenvalue weighted by Crippen LogP contribution is 2.24. The molecule has 2 amide bonds. The van der Waals surface area contributed by atoms with Crippen LogP contribution in [0.1, 0.15) is 43.7 Å². The number of hydrogen-bond donors (Lipinski definition) is 2. The zero-order valence-electron chi connectivity index (χ0n) is 16.0. The fourth-order valence-corrected chi connectivity index (χ4v) is 4.18. The predicted octanol–water partition coefficient (Wildman–Crippen LogP) is 0.922. The molecule has 3 rings (SSSR count). The minimum absolute atomic E-state index is 0.0185. The van der Waals surface area contributed by atoms with Gasteiger partial charge in [-0.3, -0.25) is 24.4 Å². The molecule has 2 fully saturated rings. The summed E-state index contributed by atoms with van der Waals surface area (Å²) in [6.45, 7) is 4.54. The van der Waals surface area contributed by atoms with Crippen LogP contribution in [-0.4, -0.2) is 65.9 Å². The standard InChI is InChI=1S/C20H31N5O2/c21-19(26)15-24-11-6-16(7-12-24)20(27)23-14-18(17-5-4-8-22-13-17)25-9-2-1-3-10-25/h4-5,8,13,16,18H,1-3,6-7,9-12,14-15H2,(H2,21,26)(H,23,27)/t18-/m0/s1. The molecule has 3 heterocycles. The van der Waals surface area contributed by atoms with Gasteiger partial charge in [-0.15, -0.1) is 0 Å². The molecule has 0 saturated carbocycles. The van der Waals surface area contributed by atoms with Crippen LogP contribution in [0.3, 0.4) is 0 Å². The lowest BCUT2D eigenvalue weighted by Gasteiger charge is -2.35. The van der Waals surface area contributed by atoms with Crippen LogP contribution in [0.2, 0.25) is 0 Å². The number of pyridine rings is 1. The predicted molar refractivity (Wildman–Crippen MR) is 104 cm³/mol. The summed E-state index contributed by atoms with van der Waals surface area (Å²) in [4.78, 5) is 32.5. The van der Waals surface area contributed by atoms with E-state index in [2.05, 4.69) is 21.3 Å². The van der Waals surface area contributed by atoms with Gasteiger partial charge in [0.1, 0.15) is 0 Å². The van der Waals surface area contributed by atoms with E-state index in [1.54, 1.807) is 6.20 Å². The number of amides is 2. The summed E-state index contributed by atoms with van der Waals surface area (Å²) < 4.78 is 0. The topological polar surface area (TPSA) is 91.6 Å². The molecule has 0 spiro atoms. The summed E-state index contributed by atoms with van der Waals surface area (Å²) in [5, 5.41) is 3.19. The monoisotopic (exact) mass is 373 g/mol. The zero-order valence-corrected chi connectivity index (χ0v) is 16.0. The largest absolute Gasteiger partial charge is 0.369 e. The number of nitrogens with two attached hydrogens (primary N) is 1. The molecule has 2 saturated heterocycles. The van der Waals surface area contributed by atoms with Gasteiger partial charge in [0.2, 0.25) is 11.8 Å². The van der Waals surface area contributed by atoms with Gasteiger partial charge in [-0.2, -0.15) is 0 Å². The number of piperidine rings is 2. The smallest absolute Gasteiger partial charge is 0.231 e. The van der Waals surface area contributed by atoms with E-state index in [1.165, 1.54) is 19.3 Å². The lowest BCUT2D eigenvalue weighted by atomic mass is 9.95. The third-order valence-corrected chi connectivity index (χ3v) is 5.71. The van der Waals surface area contributed by atoms with Gasteiger partial charge in [0.05, 0.1) is 12.6 Å². The summed E-state index contributed by atoms with van der Waals surface area (Å²) in [5.41, 5.74) is 6.42. The summed E-state index contributed by atoms with van der Waals surface area (Å²) in [6.07, 6.45) is 8.96. The minimum Gasteiger partial charge on any atom is -0.369 e. The van der Waals surface area contributed by atoms with E-state index >= 15 is 0 Å². The zero-order chi connectivity index (χ0) is 19.1. The lowest BCUT2D eigenvalue weighted by molar-refractivity contribution is -0.126. The van der Waals surface area contributed by atoms with Crippen molar-refractivity contribution < 1.29 is 9.59 Å². The van der Waals surface area contributed by atoms with Gasteiger partial charge in [0.15, 0.2) is 0 Å². The molecule has 0 aliphatic carbocycles. The van der Waals surface area contributed by atoms with Crippen LogP contribution in [-0.2, 0) is 9.59 Å². The Kier molecular flexibility index (Phi) is 7.18. The van der Waals surface area contributed by atoms with Gasteiger partial charge in [-0.05, 0) is 63.5 Å². The Morgan fingerprint density at radius 2 is 1.93 bits per heavy atom. The molecule has 1 aromatic heterocycles. The van der Waals surface area contributed by atoms with Gasteiger partial charge < -0.3 is 11.1 Å². The van der Waals surface area contributed by atoms with E-state index in [0.717, 1.165) is 44.6 Å². The van der Waals surface area contributed by atoms with Crippen molar-refractivity contribution in [3.63, 3.8) is 0 Å². The minimum atomic E-state index is -0.307. The fraction of sp³-hybridized carbons (Fsp3) is 0.650. The Morgan fingerprint density at radius 3 is 2.56 bits per heavy atom. The second-order valence-corrected chi connectivity index (χ2v) is 7.66. The first-order valence-electron chi connectivity index (χ1n) is 10.1. The van der Waals surface area contributed by atoms with Crippen molar-refractivity contribution in [2.45, 2.75) is 38.1 Å². The van der Waals surface area contributed by atoms with E-state index in [1.807, 2.05) is 17.2 Å². The molecule has 1 atom stereocenters. The summed E-state index contributed by atoms with van der Waals surface area (Å²) in [5.74, 6) is -0.164. The van der Waals surface area contributed by atoms with E-state index in [-0.39, 0.29) is 30.3 Å². The van der Waals surface area contributed by atoms with Crippen molar-refractivity contribution in [3.05, 3.63) is 30.1 Å². The fourth-order valence-electron chi connectivity index (χ4n) is 4.18. The molecule has 2 aliphatic heterocycles. The Bertz CT molecular complexity index is 610. The van der Waals surface area contributed by atoms with Gasteiger partial charge in [0, 0.05) is 24.9 Å². The Labute approximate surface area is 161 Å². The van der Waals surface area contributed by atoms with Crippen molar-refractivity contribution in [2.24, 2.45) is 11.7 Å². The van der Waals surface area contributed by atoms with Crippen LogP contribution in [0.15, 0.2) is 24.5 Å².